The van der Waals surface area contributed by atoms with Gasteiger partial charge in [0.25, 0.3) is 0 Å². The Balaban J connectivity index is 1.50. The molecule has 1 aliphatic carbocycles. The molecule has 1 aromatic carbocycles. The monoisotopic (exact) mass is 536 g/mol. The molecule has 1 aliphatic rings. The van der Waals surface area contributed by atoms with Crippen LogP contribution in [0.3, 0.4) is 0 Å². The van der Waals surface area contributed by atoms with Gasteiger partial charge in [-0.2, -0.15) is 8.42 Å². The maximum atomic E-state index is 13.3. The highest BCUT2D eigenvalue weighted by atomic mass is 32.2. The van der Waals surface area contributed by atoms with Crippen LogP contribution in [0.15, 0.2) is 58.7 Å². The first-order chi connectivity index (χ1) is 16.6. The number of nitrogens with two attached hydrogens (primary N) is 1. The smallest absolute Gasteiger partial charge is 0.333 e. The number of aliphatic hydroxyl groups excluding tert-OH is 1. The number of rotatable bonds is 9. The van der Waals surface area contributed by atoms with E-state index < -0.39 is 33.5 Å². The molecule has 2 heterocycles. The Hall–Kier alpha value is -2.39. The molecule has 1 fully saturated rings. The predicted octanol–water partition coefficient (Wildman–Crippen LogP) is 2.02. The van der Waals surface area contributed by atoms with Gasteiger partial charge in [-0.15, -0.1) is 11.3 Å². The average molecular weight is 537 g/mol. The molecule has 4 rings (SSSR count). The zero-order valence-corrected chi connectivity index (χ0v) is 21.1. The second kappa shape index (κ2) is 10.7. The maximum Gasteiger partial charge on any atom is 0.333 e. The number of carbonyl (C=O) groups excluding carboxylic acids is 1. The van der Waals surface area contributed by atoms with Crippen molar-refractivity contribution in [3.05, 3.63) is 64.2 Å². The van der Waals surface area contributed by atoms with Crippen molar-refractivity contribution in [2.75, 3.05) is 11.9 Å². The molecule has 1 saturated carbocycles. The Labute approximate surface area is 210 Å². The molecule has 0 bridgehead atoms. The highest BCUT2D eigenvalue weighted by molar-refractivity contribution is 7.91. The number of hydrogen-bond donors (Lipinski definition) is 3. The quantitative estimate of drug-likeness (QED) is 0.274. The van der Waals surface area contributed by atoms with Gasteiger partial charge in [0.05, 0.1) is 28.0 Å². The number of aromatic nitrogens is 2. The fourth-order valence-corrected chi connectivity index (χ4v) is 6.76. The molecule has 0 spiro atoms. The Kier molecular flexibility index (Phi) is 7.86. The topological polar surface area (TPSA) is 168 Å². The average Bonchev–Trinajstić information content (AvgIpc) is 3.39. The van der Waals surface area contributed by atoms with Crippen LogP contribution >= 0.6 is 11.3 Å². The molecule has 4 N–H and O–H groups in total. The third-order valence-corrected chi connectivity index (χ3v) is 8.82. The molecule has 35 heavy (non-hydrogen) atoms. The van der Waals surface area contributed by atoms with Gasteiger partial charge in [-0.3, -0.25) is 8.98 Å². The van der Waals surface area contributed by atoms with E-state index in [2.05, 4.69) is 19.5 Å². The standard InChI is InChI=1S/C22H24N4O6S3/c1-13-20(34(29)16-5-3-2-4-6-16)9-19(33-13)21(28)17-10-24-12-25-22(17)26-15-7-14(18(27)8-15)11-32-35(23,30)31/h2-6,9-10,12,14-15,18,27H,7-8,11H2,1H3,(H2,23,30,31)(H,24,25,26)/t14-,15-,18+,34-/m1/s1. The van der Waals surface area contributed by atoms with E-state index in [1.807, 2.05) is 25.1 Å². The van der Waals surface area contributed by atoms with Crippen LogP contribution in [-0.2, 0) is 25.7 Å². The number of aliphatic hydroxyl groups is 1. The van der Waals surface area contributed by atoms with Crippen LogP contribution in [0.25, 0.3) is 0 Å². The normalized spacial score (nSPS) is 21.1. The predicted molar refractivity (Wildman–Crippen MR) is 131 cm³/mol. The van der Waals surface area contributed by atoms with Crippen molar-refractivity contribution in [3.8, 4) is 0 Å². The lowest BCUT2D eigenvalue weighted by Crippen LogP contribution is -2.24. The summed E-state index contributed by atoms with van der Waals surface area (Å²) in [5, 5.41) is 18.3. The second-order valence-corrected chi connectivity index (χ2v) is 12.1. The summed E-state index contributed by atoms with van der Waals surface area (Å²) in [5.74, 6) is -0.459. The summed E-state index contributed by atoms with van der Waals surface area (Å²) in [4.78, 5) is 24.0. The van der Waals surface area contributed by atoms with Crippen molar-refractivity contribution in [1.29, 1.82) is 0 Å². The van der Waals surface area contributed by atoms with Gasteiger partial charge in [0.15, 0.2) is 9.79 Å². The van der Waals surface area contributed by atoms with Crippen molar-refractivity contribution < 1.29 is 27.1 Å². The van der Waals surface area contributed by atoms with E-state index >= 15 is 0 Å². The van der Waals surface area contributed by atoms with Crippen LogP contribution in [0, 0.1) is 12.8 Å². The molecular formula is C22H24N4O6S3. The lowest BCUT2D eigenvalue weighted by Gasteiger charge is -2.15. The van der Waals surface area contributed by atoms with Crippen LogP contribution in [0.4, 0.5) is 5.82 Å². The molecule has 186 valence electrons. The molecule has 2 aromatic heterocycles. The molecule has 0 saturated heterocycles. The third-order valence-electron chi connectivity index (χ3n) is 5.65. The largest absolute Gasteiger partial charge is 0.606 e. The first-order valence-corrected chi connectivity index (χ1v) is 14.1. The summed E-state index contributed by atoms with van der Waals surface area (Å²) in [7, 11) is -4.10. The Bertz CT molecular complexity index is 1300. The fraction of sp³-hybridized carbons (Fsp3) is 0.318. The molecule has 0 aliphatic heterocycles. The van der Waals surface area contributed by atoms with E-state index in [1.165, 1.54) is 23.9 Å². The third kappa shape index (κ3) is 6.25. The van der Waals surface area contributed by atoms with Crippen LogP contribution in [0.2, 0.25) is 0 Å². The fourth-order valence-electron chi connectivity index (χ4n) is 3.95. The van der Waals surface area contributed by atoms with Crippen LogP contribution in [0.1, 0.15) is 33.0 Å². The number of carbonyl (C=O) groups is 1. The molecule has 0 radical (unpaired) electrons. The van der Waals surface area contributed by atoms with Crippen molar-refractivity contribution in [2.45, 2.75) is 41.7 Å². The zero-order chi connectivity index (χ0) is 25.2. The highest BCUT2D eigenvalue weighted by Gasteiger charge is 2.35. The zero-order valence-electron chi connectivity index (χ0n) is 18.7. The summed E-state index contributed by atoms with van der Waals surface area (Å²) < 4.78 is 39.7. The van der Waals surface area contributed by atoms with Crippen molar-refractivity contribution in [3.63, 3.8) is 0 Å². The van der Waals surface area contributed by atoms with Gasteiger partial charge in [-0.1, -0.05) is 18.2 Å². The van der Waals surface area contributed by atoms with Crippen LogP contribution < -0.4 is 10.5 Å². The van der Waals surface area contributed by atoms with Crippen molar-refractivity contribution >= 4 is 44.4 Å². The van der Waals surface area contributed by atoms with E-state index in [0.717, 1.165) is 4.88 Å². The summed E-state index contributed by atoms with van der Waals surface area (Å²) in [6, 6.07) is 10.4. The minimum atomic E-state index is -4.10. The lowest BCUT2D eigenvalue weighted by atomic mass is 10.1. The van der Waals surface area contributed by atoms with Crippen molar-refractivity contribution in [2.24, 2.45) is 11.1 Å². The number of benzene rings is 1. The summed E-state index contributed by atoms with van der Waals surface area (Å²) in [5.41, 5.74) is 0.240. The molecule has 13 heteroatoms. The van der Waals surface area contributed by atoms with E-state index in [4.69, 9.17) is 5.14 Å². The maximum absolute atomic E-state index is 13.3. The summed E-state index contributed by atoms with van der Waals surface area (Å²) in [6.07, 6.45) is 2.63. The van der Waals surface area contributed by atoms with Crippen molar-refractivity contribution in [1.82, 2.24) is 9.97 Å². The van der Waals surface area contributed by atoms with Gasteiger partial charge in [0.2, 0.25) is 5.78 Å². The molecule has 3 aromatic rings. The Morgan fingerprint density at radius 1 is 1.34 bits per heavy atom. The number of thiophene rings is 1. The second-order valence-electron chi connectivity index (χ2n) is 8.14. The van der Waals surface area contributed by atoms with Gasteiger partial charge in [0.1, 0.15) is 12.1 Å². The van der Waals surface area contributed by atoms with Gasteiger partial charge in [0, 0.05) is 35.4 Å². The van der Waals surface area contributed by atoms with Gasteiger partial charge in [-0.25, -0.2) is 15.1 Å². The Morgan fingerprint density at radius 2 is 2.09 bits per heavy atom. The summed E-state index contributed by atoms with van der Waals surface area (Å²) >= 11 is -0.166. The van der Waals surface area contributed by atoms with E-state index in [0.29, 0.717) is 33.3 Å². The number of ketones is 1. The first-order valence-electron chi connectivity index (χ1n) is 10.7. The molecule has 0 unspecified atom stereocenters. The Morgan fingerprint density at radius 3 is 2.80 bits per heavy atom. The van der Waals surface area contributed by atoms with E-state index in [-0.39, 0.29) is 24.0 Å². The summed E-state index contributed by atoms with van der Waals surface area (Å²) in [6.45, 7) is 1.59. The first kappa shape index (κ1) is 25.7. The van der Waals surface area contributed by atoms with Crippen LogP contribution in [-0.4, -0.2) is 52.6 Å². The lowest BCUT2D eigenvalue weighted by molar-refractivity contribution is 0.101. The van der Waals surface area contributed by atoms with E-state index in [9.17, 15) is 22.9 Å². The molecule has 0 amide bonds. The SMILES string of the molecule is Cc1sc(C(=O)c2cncnc2N[C@@H]2C[C@H](COS(N)(=O)=O)[C@@H](O)C2)cc1[S@+]([O-])c1ccccc1. The van der Waals surface area contributed by atoms with Gasteiger partial charge >= 0.3 is 10.3 Å². The highest BCUT2D eigenvalue weighted by Crippen LogP contribution is 2.33. The number of nitrogens with one attached hydrogen (secondary N) is 1. The van der Waals surface area contributed by atoms with E-state index in [1.54, 1.807) is 18.2 Å². The van der Waals surface area contributed by atoms with Crippen LogP contribution in [0.5, 0.6) is 0 Å². The molecule has 10 nitrogen and oxygen atoms in total. The minimum absolute atomic E-state index is 0.233. The number of nitrogens with zero attached hydrogens (tertiary/aromatic N) is 2. The number of anilines is 1. The van der Waals surface area contributed by atoms with Gasteiger partial charge in [-0.05, 0) is 31.9 Å². The van der Waals surface area contributed by atoms with Gasteiger partial charge < -0.3 is 15.0 Å². The number of aryl methyl sites for hydroxylation is 1. The molecular weight excluding hydrogens is 512 g/mol. The number of hydrogen-bond acceptors (Lipinski definition) is 10. The molecule has 4 atom stereocenters. The minimum Gasteiger partial charge on any atom is -0.606 e.